The van der Waals surface area contributed by atoms with Crippen molar-refractivity contribution in [2.24, 2.45) is 7.05 Å². The number of aryl methyl sites for hydroxylation is 1. The van der Waals surface area contributed by atoms with Gasteiger partial charge in [0.05, 0.1) is 13.3 Å². The summed E-state index contributed by atoms with van der Waals surface area (Å²) in [5.41, 5.74) is 2.36. The minimum Gasteiger partial charge on any atom is -0.496 e. The van der Waals surface area contributed by atoms with Gasteiger partial charge in [-0.05, 0) is 18.2 Å². The first-order valence-corrected chi connectivity index (χ1v) is 5.55. The summed E-state index contributed by atoms with van der Waals surface area (Å²) in [6.07, 6.45) is 3.62. The average molecular weight is 245 g/mol. The van der Waals surface area contributed by atoms with Crippen LogP contribution in [0.1, 0.15) is 10.4 Å². The van der Waals surface area contributed by atoms with Gasteiger partial charge in [0.2, 0.25) is 0 Å². The fourth-order valence-corrected chi connectivity index (χ4v) is 1.78. The lowest BCUT2D eigenvalue weighted by atomic mass is 10.0. The predicted molar refractivity (Wildman–Crippen MR) is 68.6 cm³/mol. The van der Waals surface area contributed by atoms with E-state index >= 15 is 0 Å². The third kappa shape index (κ3) is 2.20. The van der Waals surface area contributed by atoms with Crippen LogP contribution in [0.4, 0.5) is 0 Å². The van der Waals surface area contributed by atoms with E-state index < -0.39 is 0 Å². The fraction of sp³-hybridized carbons (Fsp3) is 0.231. The Kier molecular flexibility index (Phi) is 3.32. The molecule has 0 saturated heterocycles. The molecule has 0 bridgehead atoms. The van der Waals surface area contributed by atoms with Crippen LogP contribution < -0.4 is 10.1 Å². The van der Waals surface area contributed by atoms with E-state index in [1.807, 2.05) is 13.2 Å². The first kappa shape index (κ1) is 12.2. The molecule has 0 atom stereocenters. The number of ether oxygens (including phenoxy) is 1. The van der Waals surface area contributed by atoms with Crippen LogP contribution in [0.15, 0.2) is 30.6 Å². The number of carbonyl (C=O) groups excluding carboxylic acids is 1. The van der Waals surface area contributed by atoms with E-state index in [-0.39, 0.29) is 5.91 Å². The molecule has 5 nitrogen and oxygen atoms in total. The Morgan fingerprint density at radius 2 is 2.22 bits per heavy atom. The lowest BCUT2D eigenvalue weighted by Gasteiger charge is -2.08. The SMILES string of the molecule is CNC(=O)c1ccc(OC)c(-c2cnn(C)c2)c1. The first-order valence-electron chi connectivity index (χ1n) is 5.55. The monoisotopic (exact) mass is 245 g/mol. The lowest BCUT2D eigenvalue weighted by Crippen LogP contribution is -2.17. The topological polar surface area (TPSA) is 56.1 Å². The van der Waals surface area contributed by atoms with Gasteiger partial charge in [-0.25, -0.2) is 0 Å². The van der Waals surface area contributed by atoms with Gasteiger partial charge in [-0.1, -0.05) is 0 Å². The van der Waals surface area contributed by atoms with E-state index in [0.717, 1.165) is 16.9 Å². The molecule has 0 aliphatic heterocycles. The van der Waals surface area contributed by atoms with Gasteiger partial charge in [-0.2, -0.15) is 5.10 Å². The predicted octanol–water partition coefficient (Wildman–Crippen LogP) is 1.46. The molecular weight excluding hydrogens is 230 g/mol. The number of carbonyl (C=O) groups is 1. The van der Waals surface area contributed by atoms with Gasteiger partial charge in [0.25, 0.3) is 5.91 Å². The van der Waals surface area contributed by atoms with Crippen molar-refractivity contribution in [2.75, 3.05) is 14.2 Å². The second-order valence-electron chi connectivity index (χ2n) is 3.90. The molecule has 1 heterocycles. The van der Waals surface area contributed by atoms with Gasteiger partial charge >= 0.3 is 0 Å². The van der Waals surface area contributed by atoms with E-state index in [0.29, 0.717) is 5.56 Å². The molecule has 0 unspecified atom stereocenters. The Bertz CT molecular complexity index is 575. The smallest absolute Gasteiger partial charge is 0.251 e. The highest BCUT2D eigenvalue weighted by Gasteiger charge is 2.11. The standard InChI is InChI=1S/C13H15N3O2/c1-14-13(17)9-4-5-12(18-3)11(6-9)10-7-15-16(2)8-10/h4-8H,1-3H3,(H,14,17). The van der Waals surface area contributed by atoms with Gasteiger partial charge in [-0.15, -0.1) is 0 Å². The summed E-state index contributed by atoms with van der Waals surface area (Å²) in [4.78, 5) is 11.6. The van der Waals surface area contributed by atoms with Crippen LogP contribution in [0.5, 0.6) is 5.75 Å². The number of hydrogen-bond acceptors (Lipinski definition) is 3. The Balaban J connectivity index is 2.52. The summed E-state index contributed by atoms with van der Waals surface area (Å²) in [5.74, 6) is 0.596. The van der Waals surface area contributed by atoms with Crippen molar-refractivity contribution < 1.29 is 9.53 Å². The molecule has 1 amide bonds. The zero-order valence-electron chi connectivity index (χ0n) is 10.6. The van der Waals surface area contributed by atoms with E-state index in [9.17, 15) is 4.79 Å². The third-order valence-electron chi connectivity index (χ3n) is 2.70. The van der Waals surface area contributed by atoms with E-state index in [1.54, 1.807) is 43.2 Å². The molecule has 0 aliphatic carbocycles. The molecule has 94 valence electrons. The highest BCUT2D eigenvalue weighted by molar-refractivity contribution is 5.95. The number of aromatic nitrogens is 2. The van der Waals surface area contributed by atoms with Crippen molar-refractivity contribution in [2.45, 2.75) is 0 Å². The maximum absolute atomic E-state index is 11.6. The normalized spacial score (nSPS) is 10.2. The molecule has 18 heavy (non-hydrogen) atoms. The summed E-state index contributed by atoms with van der Waals surface area (Å²) in [6.45, 7) is 0. The van der Waals surface area contributed by atoms with E-state index in [1.165, 1.54) is 0 Å². The number of nitrogens with zero attached hydrogens (tertiary/aromatic N) is 2. The van der Waals surface area contributed by atoms with Crippen LogP contribution in [0.2, 0.25) is 0 Å². The molecule has 5 heteroatoms. The first-order chi connectivity index (χ1) is 8.65. The summed E-state index contributed by atoms with van der Waals surface area (Å²) in [5, 5.41) is 6.73. The number of amides is 1. The second-order valence-corrected chi connectivity index (χ2v) is 3.90. The molecule has 0 saturated carbocycles. The molecule has 2 aromatic rings. The van der Waals surface area contributed by atoms with Crippen LogP contribution in [-0.2, 0) is 7.05 Å². The quantitative estimate of drug-likeness (QED) is 0.890. The largest absolute Gasteiger partial charge is 0.496 e. The van der Waals surface area contributed by atoms with Crippen LogP contribution >= 0.6 is 0 Å². The molecule has 0 radical (unpaired) electrons. The van der Waals surface area contributed by atoms with Crippen molar-refractivity contribution in [3.05, 3.63) is 36.2 Å². The average Bonchev–Trinajstić information content (AvgIpc) is 2.83. The van der Waals surface area contributed by atoms with Gasteiger partial charge in [0.15, 0.2) is 0 Å². The Morgan fingerprint density at radius 1 is 1.44 bits per heavy atom. The summed E-state index contributed by atoms with van der Waals surface area (Å²) in [7, 11) is 5.06. The molecule has 0 spiro atoms. The van der Waals surface area contributed by atoms with Gasteiger partial charge < -0.3 is 10.1 Å². The summed E-state index contributed by atoms with van der Waals surface area (Å²) < 4.78 is 7.02. The van der Waals surface area contributed by atoms with Crippen LogP contribution in [-0.4, -0.2) is 29.8 Å². The Hall–Kier alpha value is -2.30. The van der Waals surface area contributed by atoms with Crippen molar-refractivity contribution >= 4 is 5.91 Å². The van der Waals surface area contributed by atoms with Crippen molar-refractivity contribution in [1.29, 1.82) is 0 Å². The second kappa shape index (κ2) is 4.91. The maximum atomic E-state index is 11.6. The minimum absolute atomic E-state index is 0.122. The number of rotatable bonds is 3. The molecule has 0 fully saturated rings. The van der Waals surface area contributed by atoms with E-state index in [2.05, 4.69) is 10.4 Å². The van der Waals surface area contributed by atoms with Crippen LogP contribution in [0, 0.1) is 0 Å². The summed E-state index contributed by atoms with van der Waals surface area (Å²) in [6, 6.07) is 5.32. The molecule has 1 aromatic heterocycles. The minimum atomic E-state index is -0.122. The third-order valence-corrected chi connectivity index (χ3v) is 2.70. The highest BCUT2D eigenvalue weighted by Crippen LogP contribution is 2.30. The zero-order chi connectivity index (χ0) is 13.1. The van der Waals surface area contributed by atoms with Gasteiger partial charge in [-0.3, -0.25) is 9.48 Å². The number of hydrogen-bond donors (Lipinski definition) is 1. The Labute approximate surface area is 105 Å². The van der Waals surface area contributed by atoms with Crippen molar-refractivity contribution in [3.63, 3.8) is 0 Å². The molecule has 2 rings (SSSR count). The Morgan fingerprint density at radius 3 is 2.78 bits per heavy atom. The van der Waals surface area contributed by atoms with E-state index in [4.69, 9.17) is 4.74 Å². The van der Waals surface area contributed by atoms with Crippen molar-refractivity contribution in [3.8, 4) is 16.9 Å². The van der Waals surface area contributed by atoms with Gasteiger partial charge in [0.1, 0.15) is 5.75 Å². The van der Waals surface area contributed by atoms with Gasteiger partial charge in [0, 0.05) is 37.0 Å². The highest BCUT2D eigenvalue weighted by atomic mass is 16.5. The molecule has 1 aromatic carbocycles. The summed E-state index contributed by atoms with van der Waals surface area (Å²) >= 11 is 0. The van der Waals surface area contributed by atoms with Crippen LogP contribution in [0.25, 0.3) is 11.1 Å². The van der Waals surface area contributed by atoms with Crippen LogP contribution in [0.3, 0.4) is 0 Å². The lowest BCUT2D eigenvalue weighted by molar-refractivity contribution is 0.0963. The maximum Gasteiger partial charge on any atom is 0.251 e. The van der Waals surface area contributed by atoms with Crippen molar-refractivity contribution in [1.82, 2.24) is 15.1 Å². The number of benzene rings is 1. The molecule has 0 aliphatic rings. The molecular formula is C13H15N3O2. The number of methoxy groups -OCH3 is 1. The molecule has 1 N–H and O–H groups in total. The zero-order valence-corrected chi connectivity index (χ0v) is 10.6. The number of nitrogens with one attached hydrogen (secondary N) is 1. The fourth-order valence-electron chi connectivity index (χ4n) is 1.78.